The summed E-state index contributed by atoms with van der Waals surface area (Å²) in [5.41, 5.74) is 4.38. The van der Waals surface area contributed by atoms with Crippen molar-refractivity contribution in [1.29, 1.82) is 0 Å². The topological polar surface area (TPSA) is 23.5 Å². The zero-order valence-corrected chi connectivity index (χ0v) is 16.0. The molecule has 1 fully saturated rings. The third-order valence-corrected chi connectivity index (χ3v) is 6.44. The molecular formula is C22H26ClNO. The summed E-state index contributed by atoms with van der Waals surface area (Å²) in [6.45, 7) is 5.74. The smallest absolute Gasteiger partial charge is 0.134 e. The number of phenols is 1. The second-order valence-electron chi connectivity index (χ2n) is 8.68. The number of phenolic OH excluding ortho intramolecular Hbond substituents is 1. The van der Waals surface area contributed by atoms with E-state index in [0.29, 0.717) is 10.4 Å². The van der Waals surface area contributed by atoms with Crippen LogP contribution in [0.3, 0.4) is 0 Å². The van der Waals surface area contributed by atoms with Crippen LogP contribution < -0.4 is 0 Å². The molecule has 2 aromatic carbocycles. The van der Waals surface area contributed by atoms with Crippen LogP contribution >= 0.6 is 11.6 Å². The number of likely N-dealkylation sites (N-methyl/N-ethyl adjacent to an activating group) is 1. The molecule has 0 aromatic heterocycles. The van der Waals surface area contributed by atoms with Gasteiger partial charge in [0.2, 0.25) is 0 Å². The minimum atomic E-state index is 0.0922. The number of halogens is 1. The predicted octanol–water partition coefficient (Wildman–Crippen LogP) is 5.33. The molecule has 1 heterocycles. The first-order valence-corrected chi connectivity index (χ1v) is 9.47. The first kappa shape index (κ1) is 16.9. The molecule has 2 aromatic rings. The van der Waals surface area contributed by atoms with Gasteiger partial charge in [-0.1, -0.05) is 55.8 Å². The maximum atomic E-state index is 10.3. The number of benzene rings is 2. The van der Waals surface area contributed by atoms with Gasteiger partial charge >= 0.3 is 0 Å². The Bertz CT molecular complexity index is 791. The summed E-state index contributed by atoms with van der Waals surface area (Å²) < 4.78 is 0. The molecule has 1 unspecified atom stereocenters. The SMILES string of the molecule is CN1CCc2cc(Cl)c(O)cc2C1C1(c2ccccc2)CC(C)(C)C1. The van der Waals surface area contributed by atoms with E-state index in [1.807, 2.05) is 12.1 Å². The lowest BCUT2D eigenvalue weighted by Crippen LogP contribution is -2.56. The number of nitrogens with zero attached hydrogens (tertiary/aromatic N) is 1. The minimum absolute atomic E-state index is 0.0922. The van der Waals surface area contributed by atoms with Crippen LogP contribution in [-0.2, 0) is 11.8 Å². The lowest BCUT2D eigenvalue weighted by atomic mass is 9.47. The molecule has 1 aliphatic carbocycles. The van der Waals surface area contributed by atoms with E-state index >= 15 is 0 Å². The predicted molar refractivity (Wildman–Crippen MR) is 103 cm³/mol. The quantitative estimate of drug-likeness (QED) is 0.786. The summed E-state index contributed by atoms with van der Waals surface area (Å²) in [6, 6.07) is 15.1. The molecule has 2 aliphatic rings. The minimum Gasteiger partial charge on any atom is -0.506 e. The van der Waals surface area contributed by atoms with Crippen molar-refractivity contribution in [3.05, 3.63) is 64.2 Å². The Balaban J connectivity index is 1.88. The molecule has 0 amide bonds. The van der Waals surface area contributed by atoms with E-state index in [0.717, 1.165) is 25.8 Å². The Morgan fingerprint density at radius 2 is 1.80 bits per heavy atom. The van der Waals surface area contributed by atoms with E-state index in [4.69, 9.17) is 11.6 Å². The van der Waals surface area contributed by atoms with Gasteiger partial charge in [-0.05, 0) is 60.5 Å². The van der Waals surface area contributed by atoms with Gasteiger partial charge in [0, 0.05) is 18.0 Å². The monoisotopic (exact) mass is 355 g/mol. The molecule has 25 heavy (non-hydrogen) atoms. The van der Waals surface area contributed by atoms with Crippen LogP contribution in [-0.4, -0.2) is 23.6 Å². The molecule has 3 heteroatoms. The fourth-order valence-electron chi connectivity index (χ4n) is 5.45. The standard InChI is InChI=1S/C22H26ClNO/c1-21(2)13-22(14-21,16-7-5-4-6-8-16)20-17-12-19(25)18(23)11-15(17)9-10-24(20)3/h4-8,11-12,20,25H,9-10,13-14H2,1-3H3. The molecule has 132 valence electrons. The van der Waals surface area contributed by atoms with Crippen molar-refractivity contribution in [3.8, 4) is 5.75 Å². The molecular weight excluding hydrogens is 330 g/mol. The van der Waals surface area contributed by atoms with Crippen molar-refractivity contribution in [2.24, 2.45) is 5.41 Å². The van der Waals surface area contributed by atoms with Crippen LogP contribution in [0.1, 0.15) is 49.4 Å². The van der Waals surface area contributed by atoms with E-state index in [-0.39, 0.29) is 17.2 Å². The average molecular weight is 356 g/mol. The van der Waals surface area contributed by atoms with Crippen molar-refractivity contribution in [2.75, 3.05) is 13.6 Å². The van der Waals surface area contributed by atoms with E-state index in [9.17, 15) is 5.11 Å². The van der Waals surface area contributed by atoms with Crippen LogP contribution in [0.4, 0.5) is 0 Å². The summed E-state index contributed by atoms with van der Waals surface area (Å²) in [4.78, 5) is 2.47. The lowest BCUT2D eigenvalue weighted by molar-refractivity contribution is -0.0197. The summed E-state index contributed by atoms with van der Waals surface area (Å²) in [5, 5.41) is 10.7. The average Bonchev–Trinajstić information content (AvgIpc) is 2.55. The molecule has 0 saturated heterocycles. The second-order valence-corrected chi connectivity index (χ2v) is 9.08. The maximum absolute atomic E-state index is 10.3. The summed E-state index contributed by atoms with van der Waals surface area (Å²) in [6.07, 6.45) is 3.29. The van der Waals surface area contributed by atoms with E-state index in [2.05, 4.69) is 56.1 Å². The van der Waals surface area contributed by atoms with Gasteiger partial charge in [-0.3, -0.25) is 4.90 Å². The highest BCUT2D eigenvalue weighted by Crippen LogP contribution is 2.63. The van der Waals surface area contributed by atoms with Crippen LogP contribution in [0.5, 0.6) is 5.75 Å². The van der Waals surface area contributed by atoms with Crippen LogP contribution in [0.2, 0.25) is 5.02 Å². The van der Waals surface area contributed by atoms with Gasteiger partial charge in [-0.2, -0.15) is 0 Å². The Morgan fingerprint density at radius 3 is 2.44 bits per heavy atom. The molecule has 4 rings (SSSR count). The molecule has 1 saturated carbocycles. The van der Waals surface area contributed by atoms with Gasteiger partial charge in [0.05, 0.1) is 5.02 Å². The highest BCUT2D eigenvalue weighted by Gasteiger charge is 2.56. The zero-order chi connectivity index (χ0) is 17.8. The summed E-state index contributed by atoms with van der Waals surface area (Å²) >= 11 is 6.19. The summed E-state index contributed by atoms with van der Waals surface area (Å²) in [5.74, 6) is 0.197. The molecule has 2 nitrogen and oxygen atoms in total. The Morgan fingerprint density at radius 1 is 1.12 bits per heavy atom. The number of hydrogen-bond acceptors (Lipinski definition) is 2. The molecule has 1 N–H and O–H groups in total. The first-order valence-electron chi connectivity index (χ1n) is 9.09. The van der Waals surface area contributed by atoms with Crippen LogP contribution in [0.15, 0.2) is 42.5 Å². The molecule has 0 spiro atoms. The highest BCUT2D eigenvalue weighted by molar-refractivity contribution is 6.32. The van der Waals surface area contributed by atoms with Gasteiger partial charge in [0.25, 0.3) is 0 Å². The van der Waals surface area contributed by atoms with E-state index < -0.39 is 0 Å². The normalized spacial score (nSPS) is 24.4. The lowest BCUT2D eigenvalue weighted by Gasteiger charge is -2.60. The van der Waals surface area contributed by atoms with Crippen molar-refractivity contribution in [1.82, 2.24) is 4.90 Å². The molecule has 0 bridgehead atoms. The van der Waals surface area contributed by atoms with Crippen molar-refractivity contribution in [2.45, 2.75) is 44.6 Å². The molecule has 0 radical (unpaired) electrons. The van der Waals surface area contributed by atoms with Crippen LogP contribution in [0.25, 0.3) is 0 Å². The van der Waals surface area contributed by atoms with Gasteiger partial charge in [-0.25, -0.2) is 0 Å². The van der Waals surface area contributed by atoms with E-state index in [1.54, 1.807) is 0 Å². The number of aromatic hydroxyl groups is 1. The molecule has 1 atom stereocenters. The largest absolute Gasteiger partial charge is 0.506 e. The van der Waals surface area contributed by atoms with Crippen molar-refractivity contribution in [3.63, 3.8) is 0 Å². The Labute approximate surface area is 155 Å². The number of rotatable bonds is 2. The fourth-order valence-corrected chi connectivity index (χ4v) is 5.64. The van der Waals surface area contributed by atoms with E-state index in [1.165, 1.54) is 16.7 Å². The van der Waals surface area contributed by atoms with Crippen molar-refractivity contribution >= 4 is 11.6 Å². The highest BCUT2D eigenvalue weighted by atomic mass is 35.5. The van der Waals surface area contributed by atoms with Crippen LogP contribution in [0, 0.1) is 5.41 Å². The number of fused-ring (bicyclic) bond motifs is 1. The van der Waals surface area contributed by atoms with Gasteiger partial charge in [-0.15, -0.1) is 0 Å². The molecule has 1 aliphatic heterocycles. The van der Waals surface area contributed by atoms with Gasteiger partial charge < -0.3 is 5.11 Å². The third kappa shape index (κ3) is 2.67. The Hall–Kier alpha value is -1.51. The third-order valence-electron chi connectivity index (χ3n) is 6.14. The fraction of sp³-hybridized carbons (Fsp3) is 0.455. The zero-order valence-electron chi connectivity index (χ0n) is 15.2. The van der Waals surface area contributed by atoms with Gasteiger partial charge in [0.1, 0.15) is 5.75 Å². The van der Waals surface area contributed by atoms with Gasteiger partial charge in [0.15, 0.2) is 0 Å². The first-order chi connectivity index (χ1) is 11.8. The second kappa shape index (κ2) is 5.75. The number of hydrogen-bond donors (Lipinski definition) is 1. The van der Waals surface area contributed by atoms with Crippen molar-refractivity contribution < 1.29 is 5.11 Å². The Kier molecular flexibility index (Phi) is 3.90. The maximum Gasteiger partial charge on any atom is 0.134 e. The summed E-state index contributed by atoms with van der Waals surface area (Å²) in [7, 11) is 2.22.